The predicted molar refractivity (Wildman–Crippen MR) is 53.9 cm³/mol. The number of rotatable bonds is 4. The van der Waals surface area contributed by atoms with Crippen LogP contribution in [0.3, 0.4) is 0 Å². The fourth-order valence-electron chi connectivity index (χ4n) is 1.11. The minimum absolute atomic E-state index is 0.00654. The zero-order valence-electron chi connectivity index (χ0n) is 8.34. The number of nitriles is 1. The second-order valence-corrected chi connectivity index (χ2v) is 2.89. The van der Waals surface area contributed by atoms with Crippen molar-refractivity contribution in [2.24, 2.45) is 0 Å². The largest absolute Gasteiger partial charge is 0.478 e. The first-order valence-electron chi connectivity index (χ1n) is 4.53. The van der Waals surface area contributed by atoms with Crippen molar-refractivity contribution < 1.29 is 19.4 Å². The molecule has 1 aromatic rings. The number of aromatic carboxylic acids is 1. The Hall–Kier alpha value is -2.35. The van der Waals surface area contributed by atoms with Gasteiger partial charge in [0.15, 0.2) is 0 Å². The molecule has 0 spiro atoms. The Labute approximate surface area is 91.9 Å². The highest BCUT2D eigenvalue weighted by atomic mass is 16.5. The molecule has 0 amide bonds. The third kappa shape index (κ3) is 2.82. The summed E-state index contributed by atoms with van der Waals surface area (Å²) < 4.78 is 4.73. The Morgan fingerprint density at radius 3 is 2.50 bits per heavy atom. The molecule has 0 aliphatic rings. The van der Waals surface area contributed by atoms with Crippen LogP contribution in [0.2, 0.25) is 0 Å². The molecule has 5 nitrogen and oxygen atoms in total. The minimum atomic E-state index is -1.19. The monoisotopic (exact) mass is 219 g/mol. The Balaban J connectivity index is 2.83. The number of benzene rings is 1. The van der Waals surface area contributed by atoms with Gasteiger partial charge in [-0.05, 0) is 12.1 Å². The van der Waals surface area contributed by atoms with Gasteiger partial charge in [0.1, 0.15) is 6.61 Å². The van der Waals surface area contributed by atoms with Gasteiger partial charge in [-0.1, -0.05) is 12.1 Å². The molecule has 16 heavy (non-hydrogen) atoms. The molecule has 0 bridgehead atoms. The molecule has 0 unspecified atom stereocenters. The second-order valence-electron chi connectivity index (χ2n) is 2.89. The topological polar surface area (TPSA) is 87.4 Å². The summed E-state index contributed by atoms with van der Waals surface area (Å²) in [5.41, 5.74) is -0.114. The Morgan fingerprint density at radius 2 is 1.94 bits per heavy atom. The summed E-state index contributed by atoms with van der Waals surface area (Å²) in [6.07, 6.45) is 0.0843. The van der Waals surface area contributed by atoms with E-state index in [2.05, 4.69) is 0 Å². The summed E-state index contributed by atoms with van der Waals surface area (Å²) in [7, 11) is 0. The van der Waals surface area contributed by atoms with Crippen LogP contribution in [0.25, 0.3) is 0 Å². The SMILES string of the molecule is N#CCCOC(=O)c1ccccc1C(=O)O. The van der Waals surface area contributed by atoms with Crippen molar-refractivity contribution >= 4 is 11.9 Å². The first kappa shape index (κ1) is 11.7. The van der Waals surface area contributed by atoms with Crippen molar-refractivity contribution in [2.45, 2.75) is 6.42 Å². The molecule has 0 atom stereocenters. The standard InChI is InChI=1S/C11H9NO4/c12-6-3-7-16-11(15)9-5-2-1-4-8(9)10(13)14/h1-2,4-5H,3,7H2,(H,13,14). The van der Waals surface area contributed by atoms with E-state index in [0.717, 1.165) is 0 Å². The highest BCUT2D eigenvalue weighted by molar-refractivity contribution is 6.02. The van der Waals surface area contributed by atoms with Crippen LogP contribution in [0.15, 0.2) is 24.3 Å². The third-order valence-corrected chi connectivity index (χ3v) is 1.82. The maximum absolute atomic E-state index is 11.4. The summed E-state index contributed by atoms with van der Waals surface area (Å²) in [6, 6.07) is 7.59. The summed E-state index contributed by atoms with van der Waals surface area (Å²) in [5.74, 6) is -1.92. The fourth-order valence-corrected chi connectivity index (χ4v) is 1.11. The molecule has 1 N–H and O–H groups in total. The zero-order chi connectivity index (χ0) is 12.0. The molecule has 0 radical (unpaired) electrons. The smallest absolute Gasteiger partial charge is 0.339 e. The number of carboxylic acid groups (broad SMARTS) is 1. The molecule has 5 heteroatoms. The lowest BCUT2D eigenvalue weighted by Gasteiger charge is -2.05. The first-order valence-corrected chi connectivity index (χ1v) is 4.53. The van der Waals surface area contributed by atoms with Gasteiger partial charge >= 0.3 is 11.9 Å². The summed E-state index contributed by atoms with van der Waals surface area (Å²) >= 11 is 0. The maximum atomic E-state index is 11.4. The summed E-state index contributed by atoms with van der Waals surface area (Å²) in [5, 5.41) is 17.1. The number of esters is 1. The number of carbonyl (C=O) groups excluding carboxylic acids is 1. The van der Waals surface area contributed by atoms with Crippen molar-refractivity contribution in [1.29, 1.82) is 5.26 Å². The Morgan fingerprint density at radius 1 is 1.31 bits per heavy atom. The third-order valence-electron chi connectivity index (χ3n) is 1.82. The molecule has 0 aliphatic carbocycles. The average Bonchev–Trinajstić information content (AvgIpc) is 2.29. The second kappa shape index (κ2) is 5.51. The van der Waals surface area contributed by atoms with Gasteiger partial charge < -0.3 is 9.84 Å². The van der Waals surface area contributed by atoms with E-state index in [0.29, 0.717) is 0 Å². The number of carbonyl (C=O) groups is 2. The molecule has 1 aromatic carbocycles. The normalized spacial score (nSPS) is 9.19. The lowest BCUT2D eigenvalue weighted by Crippen LogP contribution is -2.12. The lowest BCUT2D eigenvalue weighted by atomic mass is 10.1. The van der Waals surface area contributed by atoms with Crippen LogP contribution in [-0.2, 0) is 4.74 Å². The van der Waals surface area contributed by atoms with Gasteiger partial charge in [-0.3, -0.25) is 0 Å². The van der Waals surface area contributed by atoms with E-state index in [1.54, 1.807) is 6.07 Å². The van der Waals surface area contributed by atoms with E-state index in [1.165, 1.54) is 18.2 Å². The predicted octanol–water partition coefficient (Wildman–Crippen LogP) is 1.46. The van der Waals surface area contributed by atoms with Gasteiger partial charge in [0.05, 0.1) is 23.6 Å². The number of hydrogen-bond donors (Lipinski definition) is 1. The van der Waals surface area contributed by atoms with Crippen LogP contribution in [0.5, 0.6) is 0 Å². The quantitative estimate of drug-likeness (QED) is 0.611. The highest BCUT2D eigenvalue weighted by Crippen LogP contribution is 2.10. The van der Waals surface area contributed by atoms with Gasteiger partial charge in [0, 0.05) is 0 Å². The highest BCUT2D eigenvalue weighted by Gasteiger charge is 2.16. The van der Waals surface area contributed by atoms with Crippen molar-refractivity contribution in [3.8, 4) is 6.07 Å². The molecule has 0 saturated carbocycles. The van der Waals surface area contributed by atoms with Crippen LogP contribution < -0.4 is 0 Å². The van der Waals surface area contributed by atoms with Gasteiger partial charge in [-0.2, -0.15) is 5.26 Å². The number of nitrogens with zero attached hydrogens (tertiary/aromatic N) is 1. The average molecular weight is 219 g/mol. The molecular formula is C11H9NO4. The van der Waals surface area contributed by atoms with Crippen molar-refractivity contribution in [2.75, 3.05) is 6.61 Å². The summed E-state index contributed by atoms with van der Waals surface area (Å²) in [6.45, 7) is -0.0384. The van der Waals surface area contributed by atoms with E-state index in [1.807, 2.05) is 6.07 Å². The van der Waals surface area contributed by atoms with Crippen LogP contribution >= 0.6 is 0 Å². The van der Waals surface area contributed by atoms with E-state index in [9.17, 15) is 9.59 Å². The van der Waals surface area contributed by atoms with E-state index >= 15 is 0 Å². The molecule has 82 valence electrons. The number of carboxylic acids is 1. The molecule has 0 aliphatic heterocycles. The Kier molecular flexibility index (Phi) is 4.04. The summed E-state index contributed by atoms with van der Waals surface area (Å²) in [4.78, 5) is 22.2. The van der Waals surface area contributed by atoms with Gasteiger partial charge in [0.2, 0.25) is 0 Å². The molecule has 0 heterocycles. The zero-order valence-corrected chi connectivity index (χ0v) is 8.34. The Bertz CT molecular complexity index is 448. The van der Waals surface area contributed by atoms with Crippen molar-refractivity contribution in [3.05, 3.63) is 35.4 Å². The fraction of sp³-hybridized carbons (Fsp3) is 0.182. The number of ether oxygens (including phenoxy) is 1. The molecule has 0 saturated heterocycles. The van der Waals surface area contributed by atoms with Crippen LogP contribution in [0.4, 0.5) is 0 Å². The van der Waals surface area contributed by atoms with Gasteiger partial charge in [0.25, 0.3) is 0 Å². The lowest BCUT2D eigenvalue weighted by molar-refractivity contribution is 0.0502. The first-order chi connectivity index (χ1) is 7.66. The van der Waals surface area contributed by atoms with Crippen LogP contribution in [0.1, 0.15) is 27.1 Å². The van der Waals surface area contributed by atoms with Crippen LogP contribution in [0, 0.1) is 11.3 Å². The van der Waals surface area contributed by atoms with E-state index < -0.39 is 11.9 Å². The van der Waals surface area contributed by atoms with E-state index in [-0.39, 0.29) is 24.2 Å². The molecule has 1 rings (SSSR count). The van der Waals surface area contributed by atoms with Gasteiger partial charge in [-0.15, -0.1) is 0 Å². The minimum Gasteiger partial charge on any atom is -0.478 e. The molecule has 0 aromatic heterocycles. The van der Waals surface area contributed by atoms with E-state index in [4.69, 9.17) is 15.1 Å². The molecular weight excluding hydrogens is 210 g/mol. The van der Waals surface area contributed by atoms with Crippen LogP contribution in [-0.4, -0.2) is 23.7 Å². The van der Waals surface area contributed by atoms with Crippen molar-refractivity contribution in [1.82, 2.24) is 0 Å². The maximum Gasteiger partial charge on any atom is 0.339 e. The molecule has 0 fully saturated rings. The van der Waals surface area contributed by atoms with Gasteiger partial charge in [-0.25, -0.2) is 9.59 Å². The number of hydrogen-bond acceptors (Lipinski definition) is 4. The van der Waals surface area contributed by atoms with Crippen molar-refractivity contribution in [3.63, 3.8) is 0 Å².